The summed E-state index contributed by atoms with van der Waals surface area (Å²) in [7, 11) is -1.76. The maximum Gasteiger partial charge on any atom is 0.254 e. The SMILES string of the molecule is CC(=O)Cc1ncc(S(=O)(=O)N2CCCC2c2ccccc2-c2cncn2C)s1. The molecule has 0 spiro atoms. The Labute approximate surface area is 174 Å². The van der Waals surface area contributed by atoms with E-state index in [4.69, 9.17) is 0 Å². The van der Waals surface area contributed by atoms with E-state index in [9.17, 15) is 13.2 Å². The lowest BCUT2D eigenvalue weighted by Crippen LogP contribution is -2.30. The van der Waals surface area contributed by atoms with Crippen molar-refractivity contribution in [1.82, 2.24) is 18.8 Å². The Hall–Kier alpha value is -2.36. The van der Waals surface area contributed by atoms with Gasteiger partial charge in [-0.3, -0.25) is 4.79 Å². The van der Waals surface area contributed by atoms with Crippen molar-refractivity contribution in [3.63, 3.8) is 0 Å². The van der Waals surface area contributed by atoms with Crippen molar-refractivity contribution in [3.05, 3.63) is 53.6 Å². The summed E-state index contributed by atoms with van der Waals surface area (Å²) in [5.74, 6) is -0.0348. The largest absolute Gasteiger partial charge is 0.334 e. The highest BCUT2D eigenvalue weighted by atomic mass is 32.2. The second-order valence-corrected chi connectivity index (χ2v) is 10.4. The summed E-state index contributed by atoms with van der Waals surface area (Å²) in [6.07, 6.45) is 6.62. The summed E-state index contributed by atoms with van der Waals surface area (Å²) in [5, 5.41) is 0.530. The molecule has 3 heterocycles. The van der Waals surface area contributed by atoms with Crippen LogP contribution in [0.3, 0.4) is 0 Å². The van der Waals surface area contributed by atoms with Crippen LogP contribution in [0.2, 0.25) is 0 Å². The predicted molar refractivity (Wildman–Crippen MR) is 111 cm³/mol. The van der Waals surface area contributed by atoms with Gasteiger partial charge in [-0.2, -0.15) is 4.31 Å². The van der Waals surface area contributed by atoms with Crippen molar-refractivity contribution in [3.8, 4) is 11.3 Å². The predicted octanol–water partition coefficient (Wildman–Crippen LogP) is 3.20. The zero-order valence-electron chi connectivity index (χ0n) is 16.3. The van der Waals surface area contributed by atoms with Crippen LogP contribution in [0.25, 0.3) is 11.3 Å². The van der Waals surface area contributed by atoms with Crippen LogP contribution in [0.5, 0.6) is 0 Å². The number of ketones is 1. The molecule has 0 saturated carbocycles. The third-order valence-corrected chi connectivity index (χ3v) is 8.45. The quantitative estimate of drug-likeness (QED) is 0.599. The number of carbonyl (C=O) groups is 1. The Morgan fingerprint density at radius 2 is 2.07 bits per heavy atom. The number of nitrogens with zero attached hydrogens (tertiary/aromatic N) is 4. The summed E-state index contributed by atoms with van der Waals surface area (Å²) < 4.78 is 30.5. The summed E-state index contributed by atoms with van der Waals surface area (Å²) in [6.45, 7) is 1.94. The summed E-state index contributed by atoms with van der Waals surface area (Å²) in [5.41, 5.74) is 2.92. The lowest BCUT2D eigenvalue weighted by Gasteiger charge is -2.25. The van der Waals surface area contributed by atoms with Crippen molar-refractivity contribution in [1.29, 1.82) is 0 Å². The van der Waals surface area contributed by atoms with Crippen molar-refractivity contribution in [2.24, 2.45) is 7.05 Å². The summed E-state index contributed by atoms with van der Waals surface area (Å²) >= 11 is 1.08. The average Bonchev–Trinajstić information content (AvgIpc) is 3.41. The highest BCUT2D eigenvalue weighted by Gasteiger charge is 2.38. The van der Waals surface area contributed by atoms with Gasteiger partial charge in [0.15, 0.2) is 4.21 Å². The second-order valence-electron chi connectivity index (χ2n) is 7.20. The molecule has 1 aromatic carbocycles. The molecule has 0 radical (unpaired) electrons. The Kier molecular flexibility index (Phi) is 5.37. The van der Waals surface area contributed by atoms with Gasteiger partial charge in [-0.1, -0.05) is 24.3 Å². The standard InChI is InChI=1S/C20H22N4O3S2/c1-14(25)10-19-22-12-20(28-19)29(26,27)24-9-5-8-17(24)15-6-3-4-7-16(15)18-11-21-13-23(18)2/h3-4,6-7,11-13,17H,5,8-10H2,1-2H3. The number of Topliss-reactive ketones (excluding diaryl/α,β-unsaturated/α-hetero) is 1. The number of benzene rings is 1. The van der Waals surface area contributed by atoms with Crippen molar-refractivity contribution >= 4 is 27.1 Å². The van der Waals surface area contributed by atoms with Gasteiger partial charge in [-0.15, -0.1) is 11.3 Å². The van der Waals surface area contributed by atoms with E-state index in [1.165, 1.54) is 13.1 Å². The Bertz CT molecular complexity index is 1150. The highest BCUT2D eigenvalue weighted by molar-refractivity contribution is 7.91. The monoisotopic (exact) mass is 430 g/mol. The van der Waals surface area contributed by atoms with E-state index < -0.39 is 10.0 Å². The van der Waals surface area contributed by atoms with E-state index in [-0.39, 0.29) is 22.5 Å². The van der Waals surface area contributed by atoms with Gasteiger partial charge in [0.2, 0.25) is 0 Å². The third kappa shape index (κ3) is 3.77. The van der Waals surface area contributed by atoms with Crippen molar-refractivity contribution < 1.29 is 13.2 Å². The maximum absolute atomic E-state index is 13.4. The topological polar surface area (TPSA) is 85.2 Å². The minimum atomic E-state index is -3.69. The van der Waals surface area contributed by atoms with Crippen LogP contribution < -0.4 is 0 Å². The average molecular weight is 431 g/mol. The first-order chi connectivity index (χ1) is 13.9. The van der Waals surface area contributed by atoms with E-state index in [1.54, 1.807) is 16.8 Å². The van der Waals surface area contributed by atoms with E-state index >= 15 is 0 Å². The molecule has 7 nitrogen and oxygen atoms in total. The number of hydrogen-bond donors (Lipinski definition) is 0. The fourth-order valence-corrected chi connectivity index (χ4v) is 6.86. The first-order valence-corrected chi connectivity index (χ1v) is 11.6. The van der Waals surface area contributed by atoms with Crippen LogP contribution in [-0.4, -0.2) is 39.6 Å². The van der Waals surface area contributed by atoms with Gasteiger partial charge >= 0.3 is 0 Å². The smallest absolute Gasteiger partial charge is 0.254 e. The lowest BCUT2D eigenvalue weighted by molar-refractivity contribution is -0.116. The molecule has 152 valence electrons. The number of thiazole rings is 1. The van der Waals surface area contributed by atoms with Gasteiger partial charge < -0.3 is 4.57 Å². The van der Waals surface area contributed by atoms with Crippen LogP contribution in [0.1, 0.15) is 36.4 Å². The van der Waals surface area contributed by atoms with E-state index in [2.05, 4.69) is 9.97 Å². The number of imidazole rings is 1. The molecule has 1 unspecified atom stereocenters. The molecule has 4 rings (SSSR count). The molecule has 1 aliphatic heterocycles. The van der Waals surface area contributed by atoms with Crippen LogP contribution in [-0.2, 0) is 28.3 Å². The molecule has 9 heteroatoms. The van der Waals surface area contributed by atoms with Crippen LogP contribution >= 0.6 is 11.3 Å². The van der Waals surface area contributed by atoms with E-state index in [0.717, 1.165) is 41.0 Å². The molecule has 2 aromatic heterocycles. The van der Waals surface area contributed by atoms with Gasteiger partial charge in [0.05, 0.1) is 36.9 Å². The molecule has 0 bridgehead atoms. The molecule has 29 heavy (non-hydrogen) atoms. The summed E-state index contributed by atoms with van der Waals surface area (Å²) in [6, 6.07) is 7.65. The van der Waals surface area contributed by atoms with Gasteiger partial charge in [0, 0.05) is 19.2 Å². The normalized spacial score (nSPS) is 17.7. The Balaban J connectivity index is 1.71. The molecule has 1 fully saturated rings. The van der Waals surface area contributed by atoms with Crippen LogP contribution in [0, 0.1) is 0 Å². The first-order valence-electron chi connectivity index (χ1n) is 9.39. The minimum absolute atomic E-state index is 0.0348. The Morgan fingerprint density at radius 3 is 2.79 bits per heavy atom. The molecular formula is C20H22N4O3S2. The minimum Gasteiger partial charge on any atom is -0.334 e. The number of aryl methyl sites for hydroxylation is 1. The van der Waals surface area contributed by atoms with Crippen LogP contribution in [0.15, 0.2) is 47.2 Å². The zero-order chi connectivity index (χ0) is 20.6. The van der Waals surface area contributed by atoms with E-state index in [0.29, 0.717) is 11.6 Å². The maximum atomic E-state index is 13.4. The molecule has 3 aromatic rings. The number of rotatable bonds is 6. The fourth-order valence-electron chi connectivity index (χ4n) is 3.80. The molecular weight excluding hydrogens is 408 g/mol. The number of aromatic nitrogens is 3. The molecule has 0 aliphatic carbocycles. The number of sulfonamides is 1. The molecule has 0 amide bonds. The molecule has 1 atom stereocenters. The fraction of sp³-hybridized carbons (Fsp3) is 0.350. The summed E-state index contributed by atoms with van der Waals surface area (Å²) in [4.78, 5) is 19.7. The Morgan fingerprint density at radius 1 is 1.28 bits per heavy atom. The first kappa shape index (κ1) is 19.9. The van der Waals surface area contributed by atoms with Gasteiger partial charge in [-0.05, 0) is 25.3 Å². The van der Waals surface area contributed by atoms with Gasteiger partial charge in [-0.25, -0.2) is 18.4 Å². The van der Waals surface area contributed by atoms with Gasteiger partial charge in [0.1, 0.15) is 10.8 Å². The number of hydrogen-bond acceptors (Lipinski definition) is 6. The second kappa shape index (κ2) is 7.81. The zero-order valence-corrected chi connectivity index (χ0v) is 17.9. The lowest BCUT2D eigenvalue weighted by atomic mass is 9.97. The van der Waals surface area contributed by atoms with Crippen molar-refractivity contribution in [2.75, 3.05) is 6.54 Å². The van der Waals surface area contributed by atoms with Crippen LogP contribution in [0.4, 0.5) is 0 Å². The molecule has 0 N–H and O–H groups in total. The highest BCUT2D eigenvalue weighted by Crippen LogP contribution is 2.41. The number of carbonyl (C=O) groups excluding carboxylic acids is 1. The third-order valence-electron chi connectivity index (χ3n) is 5.11. The van der Waals surface area contributed by atoms with Crippen molar-refractivity contribution in [2.45, 2.75) is 36.4 Å². The molecule has 1 aliphatic rings. The van der Waals surface area contributed by atoms with E-state index in [1.807, 2.05) is 35.9 Å². The molecule has 1 saturated heterocycles. The van der Waals surface area contributed by atoms with Gasteiger partial charge in [0.25, 0.3) is 10.0 Å².